The van der Waals surface area contributed by atoms with Crippen molar-refractivity contribution >= 4 is 17.4 Å². The molecule has 0 bridgehead atoms. The summed E-state index contributed by atoms with van der Waals surface area (Å²) >= 11 is 5.50. The molecule has 0 radical (unpaired) electrons. The van der Waals surface area contributed by atoms with E-state index in [9.17, 15) is 10.1 Å². The quantitative estimate of drug-likeness (QED) is 0.558. The van der Waals surface area contributed by atoms with Gasteiger partial charge in [-0.2, -0.15) is 0 Å². The van der Waals surface area contributed by atoms with E-state index in [-0.39, 0.29) is 16.4 Å². The normalized spacial score (nSPS) is 9.83. The van der Waals surface area contributed by atoms with E-state index in [2.05, 4.69) is 4.98 Å². The Hall–Kier alpha value is -1.20. The molecule has 0 aliphatic carbocycles. The molecule has 12 heavy (non-hydrogen) atoms. The van der Waals surface area contributed by atoms with Gasteiger partial charge in [-0.05, 0) is 16.0 Å². The van der Waals surface area contributed by atoms with E-state index in [4.69, 9.17) is 16.7 Å². The van der Waals surface area contributed by atoms with Gasteiger partial charge in [0.25, 0.3) is 0 Å². The summed E-state index contributed by atoms with van der Waals surface area (Å²) in [6.45, 7) is -0.441. The molecule has 0 spiro atoms. The lowest BCUT2D eigenvalue weighted by molar-refractivity contribution is -0.390. The Morgan fingerprint density at radius 2 is 2.42 bits per heavy atom. The molecule has 6 heteroatoms. The molecule has 0 saturated carbocycles. The van der Waals surface area contributed by atoms with Gasteiger partial charge in [-0.3, -0.25) is 0 Å². The number of aliphatic hydroxyl groups is 1. The molecular weight excluding hydrogens is 184 g/mol. The van der Waals surface area contributed by atoms with E-state index in [0.717, 1.165) is 0 Å². The van der Waals surface area contributed by atoms with Crippen molar-refractivity contribution in [3.05, 3.63) is 33.0 Å². The molecule has 1 N–H and O–H groups in total. The Balaban J connectivity index is 3.20. The first kappa shape index (κ1) is 8.89. The second-order valence-electron chi connectivity index (χ2n) is 2.05. The Labute approximate surface area is 72.8 Å². The predicted octanol–water partition coefficient (Wildman–Crippen LogP) is 1.14. The van der Waals surface area contributed by atoms with Crippen LogP contribution < -0.4 is 0 Å². The molecule has 0 aromatic carbocycles. The smallest absolute Gasteiger partial charge is 0.369 e. The number of hydrogen-bond donors (Lipinski definition) is 1. The minimum Gasteiger partial charge on any atom is -0.391 e. The summed E-state index contributed by atoms with van der Waals surface area (Å²) in [5.41, 5.74) is 0.118. The lowest BCUT2D eigenvalue weighted by Gasteiger charge is -1.97. The van der Waals surface area contributed by atoms with E-state index in [0.29, 0.717) is 0 Å². The first-order chi connectivity index (χ1) is 5.65. The van der Waals surface area contributed by atoms with Crippen LogP contribution in [0.2, 0.25) is 5.02 Å². The van der Waals surface area contributed by atoms with Crippen molar-refractivity contribution in [2.75, 3.05) is 0 Å². The fraction of sp³-hybridized carbons (Fsp3) is 0.167. The minimum atomic E-state index is -0.665. The summed E-state index contributed by atoms with van der Waals surface area (Å²) < 4.78 is 0. The van der Waals surface area contributed by atoms with Gasteiger partial charge in [-0.1, -0.05) is 11.6 Å². The first-order valence-corrected chi connectivity index (χ1v) is 3.42. The zero-order valence-electron chi connectivity index (χ0n) is 5.90. The van der Waals surface area contributed by atoms with Gasteiger partial charge < -0.3 is 15.2 Å². The summed E-state index contributed by atoms with van der Waals surface area (Å²) in [5, 5.41) is 19.2. The van der Waals surface area contributed by atoms with E-state index < -0.39 is 11.5 Å². The van der Waals surface area contributed by atoms with Crippen molar-refractivity contribution < 1.29 is 10.0 Å². The molecule has 0 saturated heterocycles. The van der Waals surface area contributed by atoms with Gasteiger partial charge >= 0.3 is 5.82 Å². The predicted molar refractivity (Wildman–Crippen MR) is 41.8 cm³/mol. The lowest BCUT2D eigenvalue weighted by Crippen LogP contribution is -1.97. The Morgan fingerprint density at radius 1 is 1.75 bits per heavy atom. The van der Waals surface area contributed by atoms with Gasteiger partial charge in [-0.25, -0.2) is 0 Å². The molecule has 0 aliphatic rings. The van der Waals surface area contributed by atoms with Crippen LogP contribution in [0, 0.1) is 10.1 Å². The summed E-state index contributed by atoms with van der Waals surface area (Å²) in [6.07, 6.45) is 1.17. The molecule has 1 rings (SSSR count). The summed E-state index contributed by atoms with van der Waals surface area (Å²) in [5.74, 6) is -0.359. The van der Waals surface area contributed by atoms with Gasteiger partial charge in [-0.15, -0.1) is 0 Å². The van der Waals surface area contributed by atoms with Crippen LogP contribution in [0.5, 0.6) is 0 Å². The van der Waals surface area contributed by atoms with Gasteiger partial charge in [0.1, 0.15) is 0 Å². The highest BCUT2D eigenvalue weighted by molar-refractivity contribution is 6.30. The van der Waals surface area contributed by atoms with Crippen molar-refractivity contribution in [3.63, 3.8) is 0 Å². The number of hydrogen-bond acceptors (Lipinski definition) is 4. The number of pyridine rings is 1. The average Bonchev–Trinajstić information content (AvgIpc) is 2.03. The summed E-state index contributed by atoms with van der Waals surface area (Å²) in [6, 6.07) is 1.31. The van der Waals surface area contributed by atoms with Crippen molar-refractivity contribution in [1.82, 2.24) is 4.98 Å². The third-order valence-corrected chi connectivity index (χ3v) is 1.46. The molecule has 0 fully saturated rings. The second-order valence-corrected chi connectivity index (χ2v) is 2.49. The van der Waals surface area contributed by atoms with Crippen molar-refractivity contribution in [2.45, 2.75) is 6.61 Å². The molecule has 64 valence electrons. The minimum absolute atomic E-state index is 0.118. The van der Waals surface area contributed by atoms with E-state index in [1.54, 1.807) is 0 Å². The highest BCUT2D eigenvalue weighted by atomic mass is 35.5. The number of nitro groups is 1. The molecule has 0 aliphatic heterocycles. The second kappa shape index (κ2) is 3.46. The number of halogens is 1. The average molecular weight is 189 g/mol. The molecule has 0 atom stereocenters. The van der Waals surface area contributed by atoms with Crippen LogP contribution in [0.15, 0.2) is 12.3 Å². The van der Waals surface area contributed by atoms with Crippen molar-refractivity contribution in [1.29, 1.82) is 0 Å². The summed E-state index contributed by atoms with van der Waals surface area (Å²) in [7, 11) is 0. The number of rotatable bonds is 2. The number of aromatic nitrogens is 1. The first-order valence-electron chi connectivity index (χ1n) is 3.05. The zero-order chi connectivity index (χ0) is 9.14. The third kappa shape index (κ3) is 1.69. The fourth-order valence-corrected chi connectivity index (χ4v) is 0.935. The highest BCUT2D eigenvalue weighted by Gasteiger charge is 2.14. The van der Waals surface area contributed by atoms with Crippen LogP contribution in [0.4, 0.5) is 5.82 Å². The molecule has 1 heterocycles. The number of nitrogens with zero attached hydrogens (tertiary/aromatic N) is 2. The van der Waals surface area contributed by atoms with E-state index in [1.807, 2.05) is 0 Å². The van der Waals surface area contributed by atoms with Crippen molar-refractivity contribution in [3.8, 4) is 0 Å². The van der Waals surface area contributed by atoms with Gasteiger partial charge in [0.15, 0.2) is 6.20 Å². The van der Waals surface area contributed by atoms with Gasteiger partial charge in [0.05, 0.1) is 17.2 Å². The van der Waals surface area contributed by atoms with E-state index >= 15 is 0 Å². The maximum atomic E-state index is 10.3. The maximum absolute atomic E-state index is 10.3. The van der Waals surface area contributed by atoms with E-state index in [1.165, 1.54) is 12.3 Å². The Kier molecular flexibility index (Phi) is 2.57. The molecule has 1 aromatic rings. The third-order valence-electron chi connectivity index (χ3n) is 1.25. The fourth-order valence-electron chi connectivity index (χ4n) is 0.755. The van der Waals surface area contributed by atoms with Gasteiger partial charge in [0.2, 0.25) is 0 Å². The molecule has 1 aromatic heterocycles. The highest BCUT2D eigenvalue weighted by Crippen LogP contribution is 2.18. The van der Waals surface area contributed by atoms with Crippen LogP contribution in [0.3, 0.4) is 0 Å². The van der Waals surface area contributed by atoms with Crippen LogP contribution in [0.1, 0.15) is 5.56 Å². The van der Waals surface area contributed by atoms with Crippen molar-refractivity contribution in [2.24, 2.45) is 0 Å². The van der Waals surface area contributed by atoms with Crippen LogP contribution in [-0.2, 0) is 6.61 Å². The molecule has 0 amide bonds. The lowest BCUT2D eigenvalue weighted by atomic mass is 10.3. The SMILES string of the molecule is O=[N+]([O-])c1ncc(Cl)cc1CO. The van der Waals surface area contributed by atoms with Crippen LogP contribution in [0.25, 0.3) is 0 Å². The Bertz CT molecular complexity index is 316. The number of aliphatic hydroxyl groups excluding tert-OH is 1. The standard InChI is InChI=1S/C6H5ClN2O3/c7-5-1-4(3-10)6(8-2-5)9(11)12/h1-2,10H,3H2. The molecular formula is C6H5ClN2O3. The van der Waals surface area contributed by atoms with Crippen LogP contribution >= 0.6 is 11.6 Å². The zero-order valence-corrected chi connectivity index (χ0v) is 6.65. The largest absolute Gasteiger partial charge is 0.391 e. The molecule has 5 nitrogen and oxygen atoms in total. The monoisotopic (exact) mass is 188 g/mol. The Morgan fingerprint density at radius 3 is 2.92 bits per heavy atom. The molecule has 0 unspecified atom stereocenters. The topological polar surface area (TPSA) is 76.3 Å². The van der Waals surface area contributed by atoms with Gasteiger partial charge in [0, 0.05) is 0 Å². The van der Waals surface area contributed by atoms with Crippen LogP contribution in [-0.4, -0.2) is 15.0 Å². The summed E-state index contributed by atoms with van der Waals surface area (Å²) in [4.78, 5) is 13.1. The maximum Gasteiger partial charge on any atom is 0.369 e.